The zero-order chi connectivity index (χ0) is 15.1. The van der Waals surface area contributed by atoms with Crippen LogP contribution in [0.1, 0.15) is 30.1 Å². The van der Waals surface area contributed by atoms with E-state index in [1.807, 2.05) is 6.92 Å². The van der Waals surface area contributed by atoms with Gasteiger partial charge in [-0.05, 0) is 18.6 Å². The van der Waals surface area contributed by atoms with Crippen molar-refractivity contribution in [3.63, 3.8) is 0 Å². The lowest BCUT2D eigenvalue weighted by Crippen LogP contribution is -2.34. The van der Waals surface area contributed by atoms with E-state index in [1.54, 1.807) is 0 Å². The highest BCUT2D eigenvalue weighted by atomic mass is 16.3. The third-order valence-electron chi connectivity index (χ3n) is 2.54. The van der Waals surface area contributed by atoms with Crippen LogP contribution >= 0.6 is 0 Å². The molecule has 0 bridgehead atoms. The SMILES string of the molecule is CCCC(=O)NCCNC(=O)c1cc(O)c(O)c(O)c1. The number of aromatic hydroxyl groups is 3. The molecule has 5 N–H and O–H groups in total. The Morgan fingerprint density at radius 1 is 1.05 bits per heavy atom. The summed E-state index contributed by atoms with van der Waals surface area (Å²) in [6.45, 7) is 2.41. The molecule has 1 rings (SSSR count). The van der Waals surface area contributed by atoms with Gasteiger partial charge in [0, 0.05) is 25.1 Å². The van der Waals surface area contributed by atoms with Gasteiger partial charge in [-0.3, -0.25) is 9.59 Å². The zero-order valence-corrected chi connectivity index (χ0v) is 11.1. The van der Waals surface area contributed by atoms with Crippen molar-refractivity contribution in [3.8, 4) is 17.2 Å². The molecule has 1 aromatic rings. The predicted molar refractivity (Wildman–Crippen MR) is 71.7 cm³/mol. The molecule has 0 aliphatic carbocycles. The summed E-state index contributed by atoms with van der Waals surface area (Å²) in [4.78, 5) is 22.9. The number of carbonyl (C=O) groups is 2. The highest BCUT2D eigenvalue weighted by Gasteiger charge is 2.13. The molecule has 0 unspecified atom stereocenters. The molecule has 0 fully saturated rings. The average molecular weight is 282 g/mol. The Bertz CT molecular complexity index is 479. The van der Waals surface area contributed by atoms with Crippen molar-refractivity contribution >= 4 is 11.8 Å². The Kier molecular flexibility index (Phi) is 5.64. The first-order chi connectivity index (χ1) is 9.45. The van der Waals surface area contributed by atoms with Crippen LogP contribution in [-0.4, -0.2) is 40.2 Å². The van der Waals surface area contributed by atoms with Gasteiger partial charge in [0.1, 0.15) is 0 Å². The molecule has 0 atom stereocenters. The van der Waals surface area contributed by atoms with Gasteiger partial charge >= 0.3 is 0 Å². The van der Waals surface area contributed by atoms with Crippen LogP contribution in [0.15, 0.2) is 12.1 Å². The van der Waals surface area contributed by atoms with Gasteiger partial charge in [0.25, 0.3) is 5.91 Å². The molecule has 1 aromatic carbocycles. The number of hydrogen-bond acceptors (Lipinski definition) is 5. The fourth-order valence-electron chi connectivity index (χ4n) is 1.53. The number of rotatable bonds is 6. The van der Waals surface area contributed by atoms with E-state index in [1.165, 1.54) is 0 Å². The molecule has 7 nitrogen and oxygen atoms in total. The van der Waals surface area contributed by atoms with E-state index in [-0.39, 0.29) is 18.0 Å². The molecule has 110 valence electrons. The van der Waals surface area contributed by atoms with E-state index < -0.39 is 23.2 Å². The maximum Gasteiger partial charge on any atom is 0.251 e. The van der Waals surface area contributed by atoms with Gasteiger partial charge in [0.2, 0.25) is 5.91 Å². The quantitative estimate of drug-likeness (QED) is 0.383. The van der Waals surface area contributed by atoms with Crippen LogP contribution in [0, 0.1) is 0 Å². The molecule has 0 saturated carbocycles. The lowest BCUT2D eigenvalue weighted by molar-refractivity contribution is -0.121. The topological polar surface area (TPSA) is 119 Å². The first kappa shape index (κ1) is 15.6. The summed E-state index contributed by atoms with van der Waals surface area (Å²) in [6.07, 6.45) is 1.19. The number of amides is 2. The molecular formula is C13H18N2O5. The number of carbonyl (C=O) groups excluding carboxylic acids is 2. The monoisotopic (exact) mass is 282 g/mol. The number of hydrogen-bond donors (Lipinski definition) is 5. The first-order valence-corrected chi connectivity index (χ1v) is 6.25. The van der Waals surface area contributed by atoms with Crippen LogP contribution in [0.3, 0.4) is 0 Å². The number of benzene rings is 1. The maximum atomic E-state index is 11.7. The van der Waals surface area contributed by atoms with Crippen LogP contribution in [0.5, 0.6) is 17.2 Å². The van der Waals surface area contributed by atoms with Gasteiger partial charge in [-0.15, -0.1) is 0 Å². The fraction of sp³-hybridized carbons (Fsp3) is 0.385. The van der Waals surface area contributed by atoms with Gasteiger partial charge in [-0.1, -0.05) is 6.92 Å². The molecule has 0 aromatic heterocycles. The molecule has 0 spiro atoms. The van der Waals surface area contributed by atoms with Crippen molar-refractivity contribution in [1.82, 2.24) is 10.6 Å². The maximum absolute atomic E-state index is 11.7. The van der Waals surface area contributed by atoms with Crippen molar-refractivity contribution in [3.05, 3.63) is 17.7 Å². The summed E-state index contributed by atoms with van der Waals surface area (Å²) < 4.78 is 0. The van der Waals surface area contributed by atoms with Gasteiger partial charge < -0.3 is 26.0 Å². The molecular weight excluding hydrogens is 264 g/mol. The molecule has 20 heavy (non-hydrogen) atoms. The third kappa shape index (κ3) is 4.34. The molecule has 0 aliphatic rings. The minimum absolute atomic E-state index is 0.0117. The van der Waals surface area contributed by atoms with Gasteiger partial charge in [0.15, 0.2) is 17.2 Å². The van der Waals surface area contributed by atoms with Crippen molar-refractivity contribution in [2.75, 3.05) is 13.1 Å². The smallest absolute Gasteiger partial charge is 0.251 e. The standard InChI is InChI=1S/C13H18N2O5/c1-2-3-11(18)14-4-5-15-13(20)8-6-9(16)12(19)10(17)7-8/h6-7,16-17,19H,2-5H2,1H3,(H,14,18)(H,15,20). The second-order valence-corrected chi connectivity index (χ2v) is 4.22. The average Bonchev–Trinajstić information content (AvgIpc) is 2.40. The second-order valence-electron chi connectivity index (χ2n) is 4.22. The van der Waals surface area contributed by atoms with E-state index in [0.717, 1.165) is 18.6 Å². The molecule has 0 radical (unpaired) electrons. The third-order valence-corrected chi connectivity index (χ3v) is 2.54. The largest absolute Gasteiger partial charge is 0.504 e. The Hall–Kier alpha value is -2.44. The van der Waals surface area contributed by atoms with Crippen LogP contribution in [0.25, 0.3) is 0 Å². The van der Waals surface area contributed by atoms with E-state index in [0.29, 0.717) is 13.0 Å². The molecule has 0 aliphatic heterocycles. The first-order valence-electron chi connectivity index (χ1n) is 6.25. The van der Waals surface area contributed by atoms with E-state index in [2.05, 4.69) is 10.6 Å². The normalized spacial score (nSPS) is 10.1. The number of phenols is 3. The van der Waals surface area contributed by atoms with E-state index >= 15 is 0 Å². The van der Waals surface area contributed by atoms with Crippen LogP contribution in [0.4, 0.5) is 0 Å². The number of phenolic OH excluding ortho intramolecular Hbond substituents is 3. The summed E-state index contributed by atoms with van der Waals surface area (Å²) in [6, 6.07) is 2.08. The van der Waals surface area contributed by atoms with Gasteiger partial charge in [-0.25, -0.2) is 0 Å². The Morgan fingerprint density at radius 3 is 2.15 bits per heavy atom. The minimum Gasteiger partial charge on any atom is -0.504 e. The molecule has 2 amide bonds. The fourth-order valence-corrected chi connectivity index (χ4v) is 1.53. The highest BCUT2D eigenvalue weighted by Crippen LogP contribution is 2.35. The summed E-state index contributed by atoms with van der Waals surface area (Å²) >= 11 is 0. The van der Waals surface area contributed by atoms with Crippen LogP contribution < -0.4 is 10.6 Å². The van der Waals surface area contributed by atoms with Crippen molar-refractivity contribution in [2.24, 2.45) is 0 Å². The van der Waals surface area contributed by atoms with Gasteiger partial charge in [-0.2, -0.15) is 0 Å². The van der Waals surface area contributed by atoms with Crippen LogP contribution in [0.2, 0.25) is 0 Å². The Morgan fingerprint density at radius 2 is 1.60 bits per heavy atom. The van der Waals surface area contributed by atoms with E-state index in [9.17, 15) is 19.8 Å². The zero-order valence-electron chi connectivity index (χ0n) is 11.1. The summed E-state index contributed by atoms with van der Waals surface area (Å²) in [7, 11) is 0. The number of nitrogens with one attached hydrogen (secondary N) is 2. The Balaban J connectivity index is 2.46. The van der Waals surface area contributed by atoms with Crippen molar-refractivity contribution in [2.45, 2.75) is 19.8 Å². The van der Waals surface area contributed by atoms with Crippen molar-refractivity contribution in [1.29, 1.82) is 0 Å². The highest BCUT2D eigenvalue weighted by molar-refractivity contribution is 5.95. The second kappa shape index (κ2) is 7.22. The predicted octanol–water partition coefficient (Wildman–Crippen LogP) is 0.449. The Labute approximate surface area is 116 Å². The van der Waals surface area contributed by atoms with Gasteiger partial charge in [0.05, 0.1) is 0 Å². The van der Waals surface area contributed by atoms with E-state index in [4.69, 9.17) is 5.11 Å². The molecule has 0 heterocycles. The summed E-state index contributed by atoms with van der Waals surface area (Å²) in [5.74, 6) is -2.44. The minimum atomic E-state index is -0.673. The van der Waals surface area contributed by atoms with Crippen molar-refractivity contribution < 1.29 is 24.9 Å². The molecule has 7 heteroatoms. The van der Waals surface area contributed by atoms with Crippen LogP contribution in [-0.2, 0) is 4.79 Å². The summed E-state index contributed by atoms with van der Waals surface area (Å²) in [5, 5.41) is 32.9. The molecule has 0 saturated heterocycles. The lowest BCUT2D eigenvalue weighted by atomic mass is 10.1. The summed E-state index contributed by atoms with van der Waals surface area (Å²) in [5.41, 5.74) is 0.0117. The lowest BCUT2D eigenvalue weighted by Gasteiger charge is -2.08.